The summed E-state index contributed by atoms with van der Waals surface area (Å²) >= 11 is 1.66. The topological polar surface area (TPSA) is 98.7 Å². The Morgan fingerprint density at radius 3 is 2.76 bits per heavy atom. The summed E-state index contributed by atoms with van der Waals surface area (Å²) < 4.78 is 0. The van der Waals surface area contributed by atoms with E-state index in [4.69, 9.17) is 0 Å². The van der Waals surface area contributed by atoms with E-state index in [1.165, 1.54) is 0 Å². The molecule has 3 rings (SSSR count). The van der Waals surface area contributed by atoms with Crippen molar-refractivity contribution >= 4 is 29.1 Å². The van der Waals surface area contributed by atoms with Crippen LogP contribution in [0.2, 0.25) is 0 Å². The molecule has 1 saturated heterocycles. The van der Waals surface area contributed by atoms with Gasteiger partial charge in [0.2, 0.25) is 5.91 Å². The molecule has 154 valence electrons. The zero-order chi connectivity index (χ0) is 20.6. The van der Waals surface area contributed by atoms with Crippen LogP contribution >= 0.6 is 11.3 Å². The van der Waals surface area contributed by atoms with Gasteiger partial charge >= 0.3 is 0 Å². The van der Waals surface area contributed by atoms with Crippen molar-refractivity contribution in [2.24, 2.45) is 4.99 Å². The van der Waals surface area contributed by atoms with Crippen molar-refractivity contribution in [3.63, 3.8) is 0 Å². The van der Waals surface area contributed by atoms with Crippen LogP contribution in [-0.2, 0) is 17.8 Å². The smallest absolute Gasteiger partial charge is 0.254 e. The third-order valence-corrected chi connectivity index (χ3v) is 5.37. The summed E-state index contributed by atoms with van der Waals surface area (Å²) in [7, 11) is 1.73. The molecule has 1 aromatic carbocycles. The number of guanidine groups is 1. The normalized spacial score (nSPS) is 14.5. The molecule has 2 amide bonds. The van der Waals surface area contributed by atoms with Crippen LogP contribution in [0, 0.1) is 6.92 Å². The number of benzene rings is 1. The van der Waals surface area contributed by atoms with Gasteiger partial charge in [0, 0.05) is 50.6 Å². The lowest BCUT2D eigenvalue weighted by Gasteiger charge is -2.26. The Morgan fingerprint density at radius 1 is 1.31 bits per heavy atom. The number of nitrogens with zero attached hydrogens (tertiary/aromatic N) is 3. The molecule has 8 nitrogen and oxygen atoms in total. The lowest BCUT2D eigenvalue weighted by atomic mass is 10.1. The lowest BCUT2D eigenvalue weighted by Crippen LogP contribution is -2.49. The molecule has 2 heterocycles. The van der Waals surface area contributed by atoms with Crippen molar-refractivity contribution < 1.29 is 9.59 Å². The molecule has 0 unspecified atom stereocenters. The first kappa shape index (κ1) is 20.8. The number of hydrogen-bond acceptors (Lipinski definition) is 5. The molecule has 1 aliphatic rings. The predicted octanol–water partition coefficient (Wildman–Crippen LogP) is 0.931. The number of aryl methyl sites for hydroxylation is 1. The van der Waals surface area contributed by atoms with Crippen LogP contribution in [0.5, 0.6) is 0 Å². The van der Waals surface area contributed by atoms with Gasteiger partial charge in [-0.15, -0.1) is 11.3 Å². The number of carbonyl (C=O) groups is 2. The van der Waals surface area contributed by atoms with Crippen molar-refractivity contribution in [1.82, 2.24) is 25.8 Å². The number of nitrogens with one attached hydrogen (secondary N) is 3. The monoisotopic (exact) mass is 414 g/mol. The highest BCUT2D eigenvalue weighted by atomic mass is 32.1. The number of thiazole rings is 1. The molecule has 2 aromatic rings. The molecule has 1 fully saturated rings. The molecule has 0 bridgehead atoms. The Bertz CT molecular complexity index is 877. The van der Waals surface area contributed by atoms with Crippen LogP contribution in [0.1, 0.15) is 26.6 Å². The van der Waals surface area contributed by atoms with E-state index >= 15 is 0 Å². The average molecular weight is 415 g/mol. The number of rotatable bonds is 6. The summed E-state index contributed by atoms with van der Waals surface area (Å²) in [5.74, 6) is 0.486. The molecule has 0 radical (unpaired) electrons. The molecule has 1 aromatic heterocycles. The first-order chi connectivity index (χ1) is 14.0. The van der Waals surface area contributed by atoms with Crippen LogP contribution in [-0.4, -0.2) is 60.9 Å². The number of hydrogen-bond donors (Lipinski definition) is 3. The van der Waals surface area contributed by atoms with E-state index in [0.717, 1.165) is 35.2 Å². The fraction of sp³-hybridized carbons (Fsp3) is 0.400. The van der Waals surface area contributed by atoms with Gasteiger partial charge in [0.25, 0.3) is 5.91 Å². The molecule has 29 heavy (non-hydrogen) atoms. The van der Waals surface area contributed by atoms with Crippen LogP contribution in [0.3, 0.4) is 0 Å². The molecular weight excluding hydrogens is 388 g/mol. The van der Waals surface area contributed by atoms with Crippen molar-refractivity contribution in [3.8, 4) is 0 Å². The first-order valence-corrected chi connectivity index (χ1v) is 10.4. The van der Waals surface area contributed by atoms with Crippen molar-refractivity contribution in [2.75, 3.05) is 33.2 Å². The van der Waals surface area contributed by atoms with Crippen LogP contribution in [0.25, 0.3) is 0 Å². The third kappa shape index (κ3) is 6.02. The van der Waals surface area contributed by atoms with E-state index < -0.39 is 0 Å². The quantitative estimate of drug-likeness (QED) is 0.483. The Labute approximate surface area is 174 Å². The minimum atomic E-state index is -0.117. The molecular formula is C20H26N6O2S. The zero-order valence-corrected chi connectivity index (χ0v) is 17.5. The summed E-state index contributed by atoms with van der Waals surface area (Å²) in [6.45, 7) is 4.50. The fourth-order valence-corrected chi connectivity index (χ4v) is 3.65. The summed E-state index contributed by atoms with van der Waals surface area (Å²) in [5, 5.41) is 12.4. The van der Waals surface area contributed by atoms with Gasteiger partial charge in [-0.2, -0.15) is 0 Å². The van der Waals surface area contributed by atoms with Gasteiger partial charge in [-0.05, 0) is 24.6 Å². The van der Waals surface area contributed by atoms with E-state index in [0.29, 0.717) is 25.2 Å². The Hall–Kier alpha value is -2.94. The number of aliphatic imine (C=N–C) groups is 1. The molecule has 9 heteroatoms. The van der Waals surface area contributed by atoms with E-state index in [1.807, 2.05) is 19.1 Å². The number of aromatic nitrogens is 1. The summed E-state index contributed by atoms with van der Waals surface area (Å²) in [6, 6.07) is 7.42. The Kier molecular flexibility index (Phi) is 7.18. The van der Waals surface area contributed by atoms with Gasteiger partial charge in [0.15, 0.2) is 5.96 Å². The maximum atomic E-state index is 12.5. The molecule has 0 atom stereocenters. The fourth-order valence-electron chi connectivity index (χ4n) is 3.00. The second kappa shape index (κ2) is 10.0. The third-order valence-electron chi connectivity index (χ3n) is 4.55. The second-order valence-electron chi connectivity index (χ2n) is 6.73. The van der Waals surface area contributed by atoms with Gasteiger partial charge in [-0.1, -0.05) is 12.1 Å². The van der Waals surface area contributed by atoms with Crippen molar-refractivity contribution in [2.45, 2.75) is 19.9 Å². The standard InChI is InChI=1S/C20H26N6O2S/c1-14-25-17(13-29-14)7-8-23-20(21-2)24-11-15-3-5-16(6-4-15)19(28)26-10-9-22-18(27)12-26/h3-6,13H,7-12H2,1-2H3,(H,22,27)(H2,21,23,24). The molecule has 0 saturated carbocycles. The van der Waals surface area contributed by atoms with Crippen LogP contribution in [0.4, 0.5) is 0 Å². The predicted molar refractivity (Wildman–Crippen MR) is 114 cm³/mol. The van der Waals surface area contributed by atoms with Crippen molar-refractivity contribution in [3.05, 3.63) is 51.5 Å². The Morgan fingerprint density at radius 2 is 2.10 bits per heavy atom. The van der Waals surface area contributed by atoms with Crippen LogP contribution in [0.15, 0.2) is 34.6 Å². The zero-order valence-electron chi connectivity index (χ0n) is 16.7. The summed E-state index contributed by atoms with van der Waals surface area (Å²) in [5.41, 5.74) is 2.71. The first-order valence-electron chi connectivity index (χ1n) is 9.55. The van der Waals surface area contributed by atoms with E-state index in [1.54, 1.807) is 35.4 Å². The Balaban J connectivity index is 1.46. The SMILES string of the molecule is CN=C(NCCc1csc(C)n1)NCc1ccc(C(=O)N2CCNC(=O)C2)cc1. The van der Waals surface area contributed by atoms with Gasteiger partial charge in [0.05, 0.1) is 17.2 Å². The maximum absolute atomic E-state index is 12.5. The molecule has 1 aliphatic heterocycles. The second-order valence-corrected chi connectivity index (χ2v) is 7.80. The van der Waals surface area contributed by atoms with Crippen molar-refractivity contribution in [1.29, 1.82) is 0 Å². The van der Waals surface area contributed by atoms with Gasteiger partial charge in [-0.25, -0.2) is 4.98 Å². The highest BCUT2D eigenvalue weighted by Crippen LogP contribution is 2.09. The number of piperazine rings is 1. The van der Waals surface area contributed by atoms with Gasteiger partial charge in [0.1, 0.15) is 0 Å². The molecule has 0 aliphatic carbocycles. The van der Waals surface area contributed by atoms with Gasteiger partial charge in [-0.3, -0.25) is 14.6 Å². The van der Waals surface area contributed by atoms with E-state index in [-0.39, 0.29) is 18.4 Å². The number of amides is 2. The van der Waals surface area contributed by atoms with E-state index in [2.05, 4.69) is 31.3 Å². The summed E-state index contributed by atoms with van der Waals surface area (Å²) in [6.07, 6.45) is 0.844. The highest BCUT2D eigenvalue weighted by molar-refractivity contribution is 7.09. The number of carbonyl (C=O) groups excluding carboxylic acids is 2. The van der Waals surface area contributed by atoms with Crippen LogP contribution < -0.4 is 16.0 Å². The summed E-state index contributed by atoms with van der Waals surface area (Å²) in [4.78, 5) is 34.2. The van der Waals surface area contributed by atoms with E-state index in [9.17, 15) is 9.59 Å². The van der Waals surface area contributed by atoms with Gasteiger partial charge < -0.3 is 20.9 Å². The maximum Gasteiger partial charge on any atom is 0.254 e. The highest BCUT2D eigenvalue weighted by Gasteiger charge is 2.22. The largest absolute Gasteiger partial charge is 0.356 e. The molecule has 0 spiro atoms. The lowest BCUT2D eigenvalue weighted by molar-refractivity contribution is -0.123. The minimum Gasteiger partial charge on any atom is -0.356 e. The minimum absolute atomic E-state index is 0.116. The molecule has 3 N–H and O–H groups in total. The average Bonchev–Trinajstić information content (AvgIpc) is 3.15.